The number of anilines is 2. The number of carbonyl (C=O) groups is 1. The third-order valence-electron chi connectivity index (χ3n) is 3.58. The molecule has 3 aromatic rings. The molecular formula is C19H18N4O. The molecule has 2 aromatic carbocycles. The maximum absolute atomic E-state index is 12.1. The average molecular weight is 318 g/mol. The Morgan fingerprint density at radius 3 is 2.21 bits per heavy atom. The molecule has 0 aliphatic carbocycles. The van der Waals surface area contributed by atoms with Gasteiger partial charge < -0.3 is 10.2 Å². The lowest BCUT2D eigenvalue weighted by Gasteiger charge is -2.17. The molecule has 1 amide bonds. The first-order chi connectivity index (χ1) is 11.7. The summed E-state index contributed by atoms with van der Waals surface area (Å²) in [5.41, 5.74) is 1.79. The number of carbonyl (C=O) groups excluding carboxylic acids is 1. The Labute approximate surface area is 141 Å². The van der Waals surface area contributed by atoms with Crippen LogP contribution >= 0.6 is 0 Å². The molecule has 0 bridgehead atoms. The molecule has 24 heavy (non-hydrogen) atoms. The Kier molecular flexibility index (Phi) is 4.81. The van der Waals surface area contributed by atoms with Crippen LogP contribution in [-0.2, 0) is 6.54 Å². The zero-order chi connectivity index (χ0) is 16.8. The second-order valence-electron chi connectivity index (χ2n) is 5.44. The van der Waals surface area contributed by atoms with E-state index in [2.05, 4.69) is 27.6 Å². The Balaban J connectivity index is 1.64. The van der Waals surface area contributed by atoms with E-state index in [1.165, 1.54) is 5.56 Å². The second-order valence-corrected chi connectivity index (χ2v) is 5.44. The highest BCUT2D eigenvalue weighted by Crippen LogP contribution is 2.14. The van der Waals surface area contributed by atoms with Gasteiger partial charge >= 0.3 is 0 Å². The maximum Gasteiger partial charge on any atom is 0.256 e. The lowest BCUT2D eigenvalue weighted by Crippen LogP contribution is -2.19. The van der Waals surface area contributed by atoms with Crippen LogP contribution < -0.4 is 10.2 Å². The van der Waals surface area contributed by atoms with Crippen LogP contribution in [-0.4, -0.2) is 23.2 Å². The van der Waals surface area contributed by atoms with E-state index in [1.54, 1.807) is 18.2 Å². The summed E-state index contributed by atoms with van der Waals surface area (Å²) in [5, 5.41) is 11.0. The van der Waals surface area contributed by atoms with Gasteiger partial charge in [0.2, 0.25) is 0 Å². The van der Waals surface area contributed by atoms with Gasteiger partial charge in [-0.05, 0) is 29.8 Å². The van der Waals surface area contributed by atoms with Crippen LogP contribution in [0.15, 0.2) is 72.8 Å². The van der Waals surface area contributed by atoms with Crippen molar-refractivity contribution in [2.45, 2.75) is 6.54 Å². The van der Waals surface area contributed by atoms with Crippen molar-refractivity contribution in [3.05, 3.63) is 83.9 Å². The molecule has 5 nitrogen and oxygen atoms in total. The number of nitrogens with zero attached hydrogens (tertiary/aromatic N) is 3. The van der Waals surface area contributed by atoms with E-state index in [0.29, 0.717) is 11.4 Å². The molecule has 0 spiro atoms. The fourth-order valence-corrected chi connectivity index (χ4v) is 2.31. The smallest absolute Gasteiger partial charge is 0.256 e. The van der Waals surface area contributed by atoms with Crippen molar-refractivity contribution >= 4 is 17.5 Å². The number of rotatable bonds is 5. The first kappa shape index (κ1) is 15.7. The average Bonchev–Trinajstić information content (AvgIpc) is 2.64. The summed E-state index contributed by atoms with van der Waals surface area (Å²) in [6.45, 7) is 0.741. The second kappa shape index (κ2) is 7.37. The first-order valence-electron chi connectivity index (χ1n) is 7.67. The Hall–Kier alpha value is -3.21. The van der Waals surface area contributed by atoms with E-state index in [-0.39, 0.29) is 5.91 Å². The van der Waals surface area contributed by atoms with Crippen LogP contribution in [0.1, 0.15) is 15.9 Å². The van der Waals surface area contributed by atoms with Crippen LogP contribution in [0.5, 0.6) is 0 Å². The van der Waals surface area contributed by atoms with Gasteiger partial charge in [0.1, 0.15) is 0 Å². The van der Waals surface area contributed by atoms with Crippen molar-refractivity contribution in [1.29, 1.82) is 0 Å². The molecule has 5 heteroatoms. The molecule has 0 aliphatic rings. The van der Waals surface area contributed by atoms with Crippen molar-refractivity contribution < 1.29 is 4.79 Å². The molecular weight excluding hydrogens is 300 g/mol. The molecule has 1 heterocycles. The van der Waals surface area contributed by atoms with Gasteiger partial charge in [-0.3, -0.25) is 4.79 Å². The fourth-order valence-electron chi connectivity index (χ4n) is 2.31. The molecule has 0 fully saturated rings. The van der Waals surface area contributed by atoms with Gasteiger partial charge in [-0.25, -0.2) is 0 Å². The maximum atomic E-state index is 12.1. The lowest BCUT2D eigenvalue weighted by atomic mass is 10.2. The number of amides is 1. The summed E-state index contributed by atoms with van der Waals surface area (Å²) >= 11 is 0. The van der Waals surface area contributed by atoms with E-state index in [4.69, 9.17) is 0 Å². The van der Waals surface area contributed by atoms with Crippen LogP contribution in [0.25, 0.3) is 0 Å². The summed E-state index contributed by atoms with van der Waals surface area (Å²) in [4.78, 5) is 14.1. The summed E-state index contributed by atoms with van der Waals surface area (Å²) in [5.74, 6) is 0.979. The number of hydrogen-bond donors (Lipinski definition) is 1. The highest BCUT2D eigenvalue weighted by molar-refractivity contribution is 6.03. The van der Waals surface area contributed by atoms with Crippen molar-refractivity contribution in [3.8, 4) is 0 Å². The van der Waals surface area contributed by atoms with Crippen LogP contribution in [0.2, 0.25) is 0 Å². The molecule has 0 saturated carbocycles. The molecule has 1 aromatic heterocycles. The zero-order valence-corrected chi connectivity index (χ0v) is 13.4. The third kappa shape index (κ3) is 3.95. The van der Waals surface area contributed by atoms with E-state index in [0.717, 1.165) is 12.4 Å². The van der Waals surface area contributed by atoms with Crippen LogP contribution in [0.3, 0.4) is 0 Å². The summed E-state index contributed by atoms with van der Waals surface area (Å²) in [6, 6.07) is 22.8. The Morgan fingerprint density at radius 2 is 1.58 bits per heavy atom. The minimum absolute atomic E-state index is 0.199. The monoisotopic (exact) mass is 318 g/mol. The normalized spacial score (nSPS) is 10.2. The van der Waals surface area contributed by atoms with Gasteiger partial charge in [0, 0.05) is 19.2 Å². The van der Waals surface area contributed by atoms with Gasteiger partial charge in [0.25, 0.3) is 5.91 Å². The summed E-state index contributed by atoms with van der Waals surface area (Å²) in [7, 11) is 1.96. The number of hydrogen-bond acceptors (Lipinski definition) is 4. The fraction of sp³-hybridized carbons (Fsp3) is 0.105. The van der Waals surface area contributed by atoms with Gasteiger partial charge in [0.15, 0.2) is 11.6 Å². The Bertz CT molecular complexity index is 789. The highest BCUT2D eigenvalue weighted by Gasteiger charge is 2.08. The van der Waals surface area contributed by atoms with Crippen molar-refractivity contribution in [1.82, 2.24) is 10.2 Å². The van der Waals surface area contributed by atoms with Crippen molar-refractivity contribution in [3.63, 3.8) is 0 Å². The van der Waals surface area contributed by atoms with E-state index < -0.39 is 0 Å². The van der Waals surface area contributed by atoms with Crippen LogP contribution in [0, 0.1) is 0 Å². The van der Waals surface area contributed by atoms with E-state index in [1.807, 2.05) is 54.4 Å². The zero-order valence-electron chi connectivity index (χ0n) is 13.4. The molecule has 0 radical (unpaired) electrons. The molecule has 3 rings (SSSR count). The largest absolute Gasteiger partial charge is 0.354 e. The molecule has 0 unspecified atom stereocenters. The highest BCUT2D eigenvalue weighted by atomic mass is 16.1. The first-order valence-corrected chi connectivity index (χ1v) is 7.67. The summed E-state index contributed by atoms with van der Waals surface area (Å²) < 4.78 is 0. The predicted octanol–water partition coefficient (Wildman–Crippen LogP) is 3.37. The standard InChI is InChI=1S/C19H18N4O/c1-23(14-15-8-4-2-5-9-15)18-13-12-17(21-22-18)20-19(24)16-10-6-3-7-11-16/h2-13H,14H2,1H3,(H,20,21,24). The van der Waals surface area contributed by atoms with Gasteiger partial charge in [-0.15, -0.1) is 10.2 Å². The molecule has 0 saturated heterocycles. The minimum Gasteiger partial charge on any atom is -0.354 e. The molecule has 0 aliphatic heterocycles. The lowest BCUT2D eigenvalue weighted by molar-refractivity contribution is 0.102. The van der Waals surface area contributed by atoms with E-state index in [9.17, 15) is 4.79 Å². The topological polar surface area (TPSA) is 58.1 Å². The number of aromatic nitrogens is 2. The quantitative estimate of drug-likeness (QED) is 0.783. The number of benzene rings is 2. The minimum atomic E-state index is -0.199. The number of nitrogens with one attached hydrogen (secondary N) is 1. The third-order valence-corrected chi connectivity index (χ3v) is 3.58. The SMILES string of the molecule is CN(Cc1ccccc1)c1ccc(NC(=O)c2ccccc2)nn1. The Morgan fingerprint density at radius 1 is 0.917 bits per heavy atom. The molecule has 120 valence electrons. The van der Waals surface area contributed by atoms with Gasteiger partial charge in [0.05, 0.1) is 0 Å². The van der Waals surface area contributed by atoms with Gasteiger partial charge in [-0.1, -0.05) is 48.5 Å². The van der Waals surface area contributed by atoms with E-state index >= 15 is 0 Å². The van der Waals surface area contributed by atoms with Crippen molar-refractivity contribution in [2.75, 3.05) is 17.3 Å². The molecule has 0 atom stereocenters. The predicted molar refractivity (Wildman–Crippen MR) is 95.0 cm³/mol. The summed E-state index contributed by atoms with van der Waals surface area (Å²) in [6.07, 6.45) is 0. The van der Waals surface area contributed by atoms with Crippen molar-refractivity contribution in [2.24, 2.45) is 0 Å². The van der Waals surface area contributed by atoms with Crippen LogP contribution in [0.4, 0.5) is 11.6 Å². The molecule has 1 N–H and O–H groups in total. The van der Waals surface area contributed by atoms with Gasteiger partial charge in [-0.2, -0.15) is 0 Å².